The van der Waals surface area contributed by atoms with Gasteiger partial charge in [-0.3, -0.25) is 4.90 Å². The minimum Gasteiger partial charge on any atom is -0.494 e. The number of nitrogens with zero attached hydrogens (tertiary/aromatic N) is 2. The maximum atomic E-state index is 13.0. The summed E-state index contributed by atoms with van der Waals surface area (Å²) in [5.41, 5.74) is 1.12. The molecule has 0 N–H and O–H groups in total. The normalized spacial score (nSPS) is 11.5. The third kappa shape index (κ3) is 7.02. The molecule has 154 valence electrons. The monoisotopic (exact) mass is 410 g/mol. The van der Waals surface area contributed by atoms with E-state index < -0.39 is 6.09 Å². The van der Waals surface area contributed by atoms with E-state index in [1.54, 1.807) is 38.4 Å². The first-order chi connectivity index (χ1) is 12.9. The highest BCUT2D eigenvalue weighted by molar-refractivity contribution is 5.85. The van der Waals surface area contributed by atoms with Gasteiger partial charge in [0.05, 0.1) is 6.61 Å². The van der Waals surface area contributed by atoms with Crippen LogP contribution in [0.4, 0.5) is 9.18 Å². The summed E-state index contributed by atoms with van der Waals surface area (Å²) in [5.74, 6) is 0.888. The molecule has 0 saturated carbocycles. The molecule has 0 aliphatic carbocycles. The van der Waals surface area contributed by atoms with Crippen LogP contribution in [-0.4, -0.2) is 50.2 Å². The van der Waals surface area contributed by atoms with E-state index >= 15 is 0 Å². The summed E-state index contributed by atoms with van der Waals surface area (Å²) in [7, 11) is 5.34. The second-order valence-electron chi connectivity index (χ2n) is 6.51. The zero-order valence-corrected chi connectivity index (χ0v) is 17.5. The molecule has 0 saturated heterocycles. The molecule has 1 amide bonds. The first-order valence-electron chi connectivity index (χ1n) is 8.98. The van der Waals surface area contributed by atoms with Crippen LogP contribution in [0.25, 0.3) is 0 Å². The molecule has 5 nitrogen and oxygen atoms in total. The van der Waals surface area contributed by atoms with Crippen molar-refractivity contribution in [2.45, 2.75) is 19.4 Å². The van der Waals surface area contributed by atoms with Crippen LogP contribution in [0.1, 0.15) is 24.9 Å². The minimum absolute atomic E-state index is 0. The molecule has 0 heterocycles. The number of carbonyl (C=O) groups excluding carboxylic acids is 1. The number of rotatable bonds is 8. The van der Waals surface area contributed by atoms with E-state index in [0.29, 0.717) is 18.1 Å². The quantitative estimate of drug-likeness (QED) is 0.628. The first-order valence-corrected chi connectivity index (χ1v) is 8.98. The Labute approximate surface area is 172 Å². The van der Waals surface area contributed by atoms with Gasteiger partial charge in [-0.1, -0.05) is 19.1 Å². The van der Waals surface area contributed by atoms with Crippen LogP contribution in [0.15, 0.2) is 48.5 Å². The van der Waals surface area contributed by atoms with Gasteiger partial charge in [-0.05, 0) is 55.6 Å². The first kappa shape index (κ1) is 23.7. The Morgan fingerprint density at radius 1 is 1.00 bits per heavy atom. The molecule has 0 spiro atoms. The van der Waals surface area contributed by atoms with Gasteiger partial charge in [0, 0.05) is 26.6 Å². The second-order valence-corrected chi connectivity index (χ2v) is 6.51. The Hall–Kier alpha value is -2.31. The third-order valence-corrected chi connectivity index (χ3v) is 4.34. The van der Waals surface area contributed by atoms with E-state index in [1.807, 2.05) is 12.1 Å². The van der Waals surface area contributed by atoms with E-state index in [4.69, 9.17) is 9.47 Å². The van der Waals surface area contributed by atoms with Crippen LogP contribution in [0.2, 0.25) is 0 Å². The molecule has 28 heavy (non-hydrogen) atoms. The van der Waals surface area contributed by atoms with Crippen molar-refractivity contribution in [3.8, 4) is 11.5 Å². The SMILES string of the molecule is CCN(C)C(CCOc1ccc(F)cc1)c1ccc(OC(=O)N(C)C)cc1.Cl. The van der Waals surface area contributed by atoms with Crippen molar-refractivity contribution >= 4 is 18.5 Å². The topological polar surface area (TPSA) is 42.0 Å². The smallest absolute Gasteiger partial charge is 0.414 e. The molecular weight excluding hydrogens is 383 g/mol. The zero-order valence-electron chi connectivity index (χ0n) is 16.7. The van der Waals surface area contributed by atoms with Gasteiger partial charge < -0.3 is 14.4 Å². The average Bonchev–Trinajstić information content (AvgIpc) is 2.67. The van der Waals surface area contributed by atoms with E-state index in [0.717, 1.165) is 18.5 Å². The van der Waals surface area contributed by atoms with Gasteiger partial charge in [0.15, 0.2) is 0 Å². The second kappa shape index (κ2) is 11.5. The van der Waals surface area contributed by atoms with Gasteiger partial charge in [0.2, 0.25) is 0 Å². The van der Waals surface area contributed by atoms with Crippen molar-refractivity contribution in [1.82, 2.24) is 9.80 Å². The molecule has 0 aliphatic heterocycles. The lowest BCUT2D eigenvalue weighted by atomic mass is 10.0. The van der Waals surface area contributed by atoms with Crippen molar-refractivity contribution in [3.63, 3.8) is 0 Å². The lowest BCUT2D eigenvalue weighted by Crippen LogP contribution is -2.26. The summed E-state index contributed by atoms with van der Waals surface area (Å²) in [6, 6.07) is 13.7. The molecule has 0 aliphatic rings. The fraction of sp³-hybridized carbons (Fsp3) is 0.381. The number of halogens is 2. The van der Waals surface area contributed by atoms with Crippen LogP contribution in [-0.2, 0) is 0 Å². The van der Waals surface area contributed by atoms with Gasteiger partial charge in [-0.15, -0.1) is 12.4 Å². The molecule has 1 unspecified atom stereocenters. The van der Waals surface area contributed by atoms with Crippen LogP contribution in [0.3, 0.4) is 0 Å². The maximum absolute atomic E-state index is 13.0. The predicted octanol–water partition coefficient (Wildman–Crippen LogP) is 4.77. The Kier molecular flexibility index (Phi) is 9.76. The molecule has 2 aromatic rings. The van der Waals surface area contributed by atoms with Crippen molar-refractivity contribution in [3.05, 3.63) is 59.9 Å². The molecule has 2 rings (SSSR count). The van der Waals surface area contributed by atoms with Crippen LogP contribution in [0, 0.1) is 5.82 Å². The minimum atomic E-state index is -0.405. The number of ether oxygens (including phenoxy) is 2. The maximum Gasteiger partial charge on any atom is 0.414 e. The fourth-order valence-electron chi connectivity index (χ4n) is 2.63. The van der Waals surface area contributed by atoms with Crippen LogP contribution in [0.5, 0.6) is 11.5 Å². The Morgan fingerprint density at radius 3 is 2.11 bits per heavy atom. The van der Waals surface area contributed by atoms with E-state index in [9.17, 15) is 9.18 Å². The molecular formula is C21H28ClFN2O3. The largest absolute Gasteiger partial charge is 0.494 e. The predicted molar refractivity (Wildman–Crippen MR) is 111 cm³/mol. The Morgan fingerprint density at radius 2 is 1.57 bits per heavy atom. The van der Waals surface area contributed by atoms with E-state index in [2.05, 4.69) is 18.9 Å². The number of carbonyl (C=O) groups is 1. The number of hydrogen-bond donors (Lipinski definition) is 0. The highest BCUT2D eigenvalue weighted by Crippen LogP contribution is 2.26. The van der Waals surface area contributed by atoms with Gasteiger partial charge >= 0.3 is 6.09 Å². The summed E-state index contributed by atoms with van der Waals surface area (Å²) in [5, 5.41) is 0. The average molecular weight is 411 g/mol. The molecule has 0 fully saturated rings. The molecule has 0 radical (unpaired) electrons. The fourth-order valence-corrected chi connectivity index (χ4v) is 2.63. The van der Waals surface area contributed by atoms with Crippen LogP contribution < -0.4 is 9.47 Å². The summed E-state index contributed by atoms with van der Waals surface area (Å²) in [6.07, 6.45) is 0.371. The Bertz CT molecular complexity index is 723. The summed E-state index contributed by atoms with van der Waals surface area (Å²) in [6.45, 7) is 3.50. The van der Waals surface area contributed by atoms with E-state index in [1.165, 1.54) is 17.0 Å². The lowest BCUT2D eigenvalue weighted by molar-refractivity contribution is 0.172. The number of amides is 1. The zero-order chi connectivity index (χ0) is 19.8. The molecule has 2 aromatic carbocycles. The van der Waals surface area contributed by atoms with Crippen molar-refractivity contribution in [2.24, 2.45) is 0 Å². The summed E-state index contributed by atoms with van der Waals surface area (Å²) in [4.78, 5) is 15.3. The molecule has 0 aromatic heterocycles. The number of hydrogen-bond acceptors (Lipinski definition) is 4. The van der Waals surface area contributed by atoms with Gasteiger partial charge in [-0.25, -0.2) is 9.18 Å². The highest BCUT2D eigenvalue weighted by atomic mass is 35.5. The standard InChI is InChI=1S/C21H27FN2O3.ClH/c1-5-24(4)20(14-15-26-18-12-8-17(22)9-13-18)16-6-10-19(11-7-16)27-21(25)23(2)3;/h6-13,20H,5,14-15H2,1-4H3;1H. The van der Waals surface area contributed by atoms with Crippen molar-refractivity contribution in [2.75, 3.05) is 34.3 Å². The van der Waals surface area contributed by atoms with Crippen LogP contribution >= 0.6 is 12.4 Å². The summed E-state index contributed by atoms with van der Waals surface area (Å²) < 4.78 is 24.0. The highest BCUT2D eigenvalue weighted by Gasteiger charge is 2.17. The summed E-state index contributed by atoms with van der Waals surface area (Å²) >= 11 is 0. The molecule has 1 atom stereocenters. The molecule has 0 bridgehead atoms. The lowest BCUT2D eigenvalue weighted by Gasteiger charge is -2.27. The van der Waals surface area contributed by atoms with Gasteiger partial charge in [0.25, 0.3) is 0 Å². The van der Waals surface area contributed by atoms with Gasteiger partial charge in [-0.2, -0.15) is 0 Å². The van der Waals surface area contributed by atoms with Crippen molar-refractivity contribution in [1.29, 1.82) is 0 Å². The number of benzene rings is 2. The van der Waals surface area contributed by atoms with Crippen molar-refractivity contribution < 1.29 is 18.7 Å². The Balaban J connectivity index is 0.00000392. The van der Waals surface area contributed by atoms with E-state index in [-0.39, 0.29) is 24.3 Å². The third-order valence-electron chi connectivity index (χ3n) is 4.34. The molecule has 7 heteroatoms. The van der Waals surface area contributed by atoms with Gasteiger partial charge in [0.1, 0.15) is 17.3 Å².